The first kappa shape index (κ1) is 14.5. The van der Waals surface area contributed by atoms with Crippen LogP contribution in [0.5, 0.6) is 0 Å². The van der Waals surface area contributed by atoms with Crippen molar-refractivity contribution in [2.45, 2.75) is 19.4 Å². The average Bonchev–Trinajstić information content (AvgIpc) is 2.62. The van der Waals surface area contributed by atoms with E-state index in [0.29, 0.717) is 9.52 Å². The third-order valence-electron chi connectivity index (χ3n) is 3.19. The van der Waals surface area contributed by atoms with Crippen molar-refractivity contribution in [1.82, 2.24) is 14.5 Å². The van der Waals surface area contributed by atoms with Gasteiger partial charge in [-0.05, 0) is 62.6 Å². The maximum absolute atomic E-state index is 13.7. The topological polar surface area (TPSA) is 47.1 Å². The Balaban J connectivity index is 2.42. The van der Waals surface area contributed by atoms with E-state index in [1.54, 1.807) is 6.07 Å². The summed E-state index contributed by atoms with van der Waals surface area (Å²) in [6, 6.07) is 3.44. The van der Waals surface area contributed by atoms with Crippen LogP contribution >= 0.6 is 22.6 Å². The summed E-state index contributed by atoms with van der Waals surface area (Å²) in [6.07, 6.45) is 0.941. The number of aromatic nitrogens is 2. The molecular weight excluding hydrogens is 358 g/mol. The quantitative estimate of drug-likeness (QED) is 0.835. The zero-order valence-electron chi connectivity index (χ0n) is 11.3. The number of halogens is 2. The highest BCUT2D eigenvalue weighted by Crippen LogP contribution is 2.27. The van der Waals surface area contributed by atoms with Gasteiger partial charge in [-0.1, -0.05) is 0 Å². The highest BCUT2D eigenvalue weighted by molar-refractivity contribution is 14.1. The Morgan fingerprint density at radius 1 is 1.47 bits per heavy atom. The van der Waals surface area contributed by atoms with Crippen LogP contribution in [0.4, 0.5) is 10.3 Å². The molecule has 0 spiro atoms. The van der Waals surface area contributed by atoms with Gasteiger partial charge in [0.2, 0.25) is 5.95 Å². The molecule has 0 bridgehead atoms. The molecule has 0 aliphatic heterocycles. The van der Waals surface area contributed by atoms with Gasteiger partial charge in [-0.3, -0.25) is 0 Å². The molecule has 2 N–H and O–H groups in total. The first-order valence-electron chi connectivity index (χ1n) is 6.17. The fourth-order valence-corrected chi connectivity index (χ4v) is 2.60. The van der Waals surface area contributed by atoms with E-state index in [-0.39, 0.29) is 11.9 Å². The Bertz CT molecular complexity index is 594. The number of fused-ring (bicyclic) bond motifs is 1. The van der Waals surface area contributed by atoms with Crippen molar-refractivity contribution in [3.63, 3.8) is 0 Å². The van der Waals surface area contributed by atoms with E-state index >= 15 is 0 Å². The number of hydrogen-bond donors (Lipinski definition) is 1. The standard InChI is InChI=1S/C13H18FIN4/c1-8(4-5-18(2)3)19-12-6-9(14)10(15)7-11(12)17-13(19)16/h6-8H,4-5H2,1-3H3,(H2,16,17). The highest BCUT2D eigenvalue weighted by atomic mass is 127. The minimum absolute atomic E-state index is 0.187. The van der Waals surface area contributed by atoms with Crippen LogP contribution < -0.4 is 5.73 Å². The van der Waals surface area contributed by atoms with Gasteiger partial charge in [0, 0.05) is 12.1 Å². The number of rotatable bonds is 4. The van der Waals surface area contributed by atoms with Crippen LogP contribution in [0.25, 0.3) is 11.0 Å². The average molecular weight is 376 g/mol. The third-order valence-corrected chi connectivity index (χ3v) is 4.02. The zero-order chi connectivity index (χ0) is 14.2. The van der Waals surface area contributed by atoms with Crippen LogP contribution in [0, 0.1) is 9.39 Å². The lowest BCUT2D eigenvalue weighted by Crippen LogP contribution is -2.18. The van der Waals surface area contributed by atoms with Gasteiger partial charge in [0.25, 0.3) is 0 Å². The van der Waals surface area contributed by atoms with Crippen molar-refractivity contribution in [1.29, 1.82) is 0 Å². The molecule has 1 unspecified atom stereocenters. The maximum atomic E-state index is 13.7. The molecule has 1 aromatic carbocycles. The van der Waals surface area contributed by atoms with Gasteiger partial charge in [-0.25, -0.2) is 9.37 Å². The number of nitrogen functional groups attached to an aromatic ring is 1. The Morgan fingerprint density at radius 2 is 2.16 bits per heavy atom. The van der Waals surface area contributed by atoms with Crippen molar-refractivity contribution >= 4 is 39.6 Å². The van der Waals surface area contributed by atoms with Gasteiger partial charge in [0.05, 0.1) is 14.6 Å². The summed E-state index contributed by atoms with van der Waals surface area (Å²) in [5, 5.41) is 0. The third kappa shape index (κ3) is 3.00. The SMILES string of the molecule is CC(CCN(C)C)n1c(N)nc2cc(I)c(F)cc21. The molecule has 0 aliphatic carbocycles. The van der Waals surface area contributed by atoms with E-state index in [1.807, 2.05) is 41.3 Å². The van der Waals surface area contributed by atoms with Crippen molar-refractivity contribution in [3.8, 4) is 0 Å². The van der Waals surface area contributed by atoms with Crippen LogP contribution in [-0.2, 0) is 0 Å². The highest BCUT2D eigenvalue weighted by Gasteiger charge is 2.16. The molecule has 0 saturated heterocycles. The van der Waals surface area contributed by atoms with Gasteiger partial charge < -0.3 is 15.2 Å². The van der Waals surface area contributed by atoms with E-state index in [0.717, 1.165) is 24.0 Å². The molecule has 0 saturated carbocycles. The zero-order valence-corrected chi connectivity index (χ0v) is 13.5. The first-order valence-corrected chi connectivity index (χ1v) is 7.25. The summed E-state index contributed by atoms with van der Waals surface area (Å²) in [5.74, 6) is 0.219. The molecule has 19 heavy (non-hydrogen) atoms. The molecule has 1 atom stereocenters. The van der Waals surface area contributed by atoms with Gasteiger partial charge in [0.15, 0.2) is 0 Å². The second-order valence-corrected chi connectivity index (χ2v) is 6.20. The predicted molar refractivity (Wildman–Crippen MR) is 84.7 cm³/mol. The first-order chi connectivity index (χ1) is 8.90. The molecular formula is C13H18FIN4. The van der Waals surface area contributed by atoms with Crippen LogP contribution in [0.2, 0.25) is 0 Å². The Labute approximate surface area is 125 Å². The van der Waals surface area contributed by atoms with Crippen molar-refractivity contribution in [3.05, 3.63) is 21.5 Å². The van der Waals surface area contributed by atoms with E-state index in [4.69, 9.17) is 5.73 Å². The van der Waals surface area contributed by atoms with Crippen molar-refractivity contribution in [2.75, 3.05) is 26.4 Å². The normalized spacial score (nSPS) is 13.4. The van der Waals surface area contributed by atoms with E-state index < -0.39 is 0 Å². The van der Waals surface area contributed by atoms with Crippen molar-refractivity contribution in [2.24, 2.45) is 0 Å². The summed E-state index contributed by atoms with van der Waals surface area (Å²) in [6.45, 7) is 3.03. The van der Waals surface area contributed by atoms with Gasteiger partial charge in [-0.15, -0.1) is 0 Å². The lowest BCUT2D eigenvalue weighted by Gasteiger charge is -2.18. The number of nitrogens with two attached hydrogens (primary N) is 1. The Kier molecular flexibility index (Phi) is 4.29. The lowest BCUT2D eigenvalue weighted by atomic mass is 10.2. The minimum atomic E-state index is -0.228. The molecule has 4 nitrogen and oxygen atoms in total. The monoisotopic (exact) mass is 376 g/mol. The number of hydrogen-bond acceptors (Lipinski definition) is 3. The summed E-state index contributed by atoms with van der Waals surface area (Å²) in [7, 11) is 4.06. The van der Waals surface area contributed by atoms with Crippen LogP contribution in [-0.4, -0.2) is 35.1 Å². The Hall–Kier alpha value is -0.890. The van der Waals surface area contributed by atoms with Crippen LogP contribution in [0.15, 0.2) is 12.1 Å². The molecule has 0 radical (unpaired) electrons. The number of imidazole rings is 1. The second-order valence-electron chi connectivity index (χ2n) is 5.04. The summed E-state index contributed by atoms with van der Waals surface area (Å²) >= 11 is 1.96. The molecule has 0 fully saturated rings. The molecule has 1 aromatic heterocycles. The second kappa shape index (κ2) is 5.62. The summed E-state index contributed by atoms with van der Waals surface area (Å²) in [4.78, 5) is 6.44. The van der Waals surface area contributed by atoms with E-state index in [1.165, 1.54) is 6.07 Å². The lowest BCUT2D eigenvalue weighted by molar-refractivity contribution is 0.362. The maximum Gasteiger partial charge on any atom is 0.201 e. The van der Waals surface area contributed by atoms with E-state index in [2.05, 4.69) is 16.8 Å². The smallest absolute Gasteiger partial charge is 0.201 e. The molecule has 0 amide bonds. The van der Waals surface area contributed by atoms with Crippen LogP contribution in [0.1, 0.15) is 19.4 Å². The van der Waals surface area contributed by atoms with E-state index in [9.17, 15) is 4.39 Å². The van der Waals surface area contributed by atoms with Gasteiger partial charge in [0.1, 0.15) is 5.82 Å². The number of benzene rings is 1. The molecule has 104 valence electrons. The Morgan fingerprint density at radius 3 is 2.79 bits per heavy atom. The number of anilines is 1. The van der Waals surface area contributed by atoms with Crippen molar-refractivity contribution < 1.29 is 4.39 Å². The summed E-state index contributed by atoms with van der Waals surface area (Å²) in [5.41, 5.74) is 7.49. The number of nitrogens with zero attached hydrogens (tertiary/aromatic N) is 3. The van der Waals surface area contributed by atoms with Gasteiger partial charge in [-0.2, -0.15) is 0 Å². The fourth-order valence-electron chi connectivity index (χ4n) is 2.15. The largest absolute Gasteiger partial charge is 0.369 e. The predicted octanol–water partition coefficient (Wildman–Crippen LogP) is 2.87. The molecule has 1 heterocycles. The summed E-state index contributed by atoms with van der Waals surface area (Å²) < 4.78 is 16.2. The minimum Gasteiger partial charge on any atom is -0.369 e. The van der Waals surface area contributed by atoms with Crippen LogP contribution in [0.3, 0.4) is 0 Å². The molecule has 2 rings (SSSR count). The molecule has 2 aromatic rings. The fraction of sp³-hybridized carbons (Fsp3) is 0.462. The van der Waals surface area contributed by atoms with Gasteiger partial charge >= 0.3 is 0 Å². The molecule has 0 aliphatic rings. The molecule has 6 heteroatoms.